The van der Waals surface area contributed by atoms with E-state index >= 15 is 0 Å². The van der Waals surface area contributed by atoms with Crippen LogP contribution in [0.4, 0.5) is 0 Å². The second-order valence-corrected chi connectivity index (χ2v) is 3.44. The van der Waals surface area contributed by atoms with Crippen molar-refractivity contribution in [3.8, 4) is 0 Å². The molecular formula is C11H22O4. The molecular weight excluding hydrogens is 196 g/mol. The molecule has 1 heterocycles. The summed E-state index contributed by atoms with van der Waals surface area (Å²) in [6, 6.07) is 0. The summed E-state index contributed by atoms with van der Waals surface area (Å²) in [6.07, 6.45) is 0.766. The van der Waals surface area contributed by atoms with E-state index in [1.54, 1.807) is 0 Å². The predicted octanol–water partition coefficient (Wildman–Crippen LogP) is 1.58. The molecule has 90 valence electrons. The van der Waals surface area contributed by atoms with Gasteiger partial charge in [-0.2, -0.15) is 0 Å². The van der Waals surface area contributed by atoms with Crippen LogP contribution in [0, 0.1) is 0 Å². The molecule has 0 aromatic carbocycles. The van der Waals surface area contributed by atoms with Gasteiger partial charge in [0.2, 0.25) is 0 Å². The van der Waals surface area contributed by atoms with Gasteiger partial charge < -0.3 is 18.9 Å². The van der Waals surface area contributed by atoms with Crippen molar-refractivity contribution >= 4 is 0 Å². The van der Waals surface area contributed by atoms with Crippen LogP contribution < -0.4 is 0 Å². The average molecular weight is 218 g/mol. The van der Waals surface area contributed by atoms with E-state index in [2.05, 4.69) is 0 Å². The highest BCUT2D eigenvalue weighted by Crippen LogP contribution is 2.20. The number of rotatable bonds is 6. The van der Waals surface area contributed by atoms with Gasteiger partial charge in [0, 0.05) is 26.2 Å². The van der Waals surface area contributed by atoms with Crippen molar-refractivity contribution in [2.45, 2.75) is 45.7 Å². The third kappa shape index (κ3) is 4.07. The molecule has 0 bridgehead atoms. The number of ether oxygens (including phenoxy) is 4. The van der Waals surface area contributed by atoms with E-state index in [0.717, 1.165) is 6.42 Å². The van der Waals surface area contributed by atoms with E-state index in [1.807, 2.05) is 20.8 Å². The zero-order valence-electron chi connectivity index (χ0n) is 9.90. The van der Waals surface area contributed by atoms with Gasteiger partial charge in [0.05, 0.1) is 12.7 Å². The fraction of sp³-hybridized carbons (Fsp3) is 1.00. The lowest BCUT2D eigenvalue weighted by atomic mass is 10.1. The Morgan fingerprint density at radius 1 is 0.933 bits per heavy atom. The smallest absolute Gasteiger partial charge is 0.160 e. The molecule has 0 aromatic rings. The Morgan fingerprint density at radius 2 is 1.53 bits per heavy atom. The van der Waals surface area contributed by atoms with Gasteiger partial charge in [0.15, 0.2) is 6.29 Å². The van der Waals surface area contributed by atoms with Crippen LogP contribution in [0.2, 0.25) is 0 Å². The molecule has 0 saturated carbocycles. The maximum atomic E-state index is 5.64. The molecule has 1 fully saturated rings. The van der Waals surface area contributed by atoms with Crippen LogP contribution in [0.15, 0.2) is 0 Å². The minimum Gasteiger partial charge on any atom is -0.376 e. The van der Waals surface area contributed by atoms with Crippen LogP contribution in [0.25, 0.3) is 0 Å². The van der Waals surface area contributed by atoms with Crippen LogP contribution in [-0.2, 0) is 18.9 Å². The highest BCUT2D eigenvalue weighted by Gasteiger charge is 2.32. The summed E-state index contributed by atoms with van der Waals surface area (Å²) in [4.78, 5) is 0. The monoisotopic (exact) mass is 218 g/mol. The summed E-state index contributed by atoms with van der Waals surface area (Å²) in [5, 5.41) is 0. The molecule has 4 heteroatoms. The standard InChI is InChI=1S/C11H22O4/c1-4-12-9-7-11(14-6-3)15-8-10(9)13-5-2/h9-11H,4-8H2,1-3H3/t9-,10+,11?/m0/s1. The van der Waals surface area contributed by atoms with E-state index in [4.69, 9.17) is 18.9 Å². The lowest BCUT2D eigenvalue weighted by Crippen LogP contribution is -2.45. The average Bonchev–Trinajstić information content (AvgIpc) is 2.23. The number of hydrogen-bond donors (Lipinski definition) is 0. The van der Waals surface area contributed by atoms with Crippen LogP contribution >= 0.6 is 0 Å². The zero-order valence-corrected chi connectivity index (χ0v) is 9.90. The molecule has 1 rings (SSSR count). The van der Waals surface area contributed by atoms with Crippen LogP contribution in [0.5, 0.6) is 0 Å². The number of hydrogen-bond acceptors (Lipinski definition) is 4. The van der Waals surface area contributed by atoms with E-state index in [0.29, 0.717) is 26.4 Å². The first-order valence-corrected chi connectivity index (χ1v) is 5.78. The SMILES string of the molecule is CCOC1C[C@H](OCC)[C@H](OCC)CO1. The molecule has 0 radical (unpaired) electrons. The molecule has 0 aliphatic carbocycles. The Kier molecular flexibility index (Phi) is 6.17. The summed E-state index contributed by atoms with van der Waals surface area (Å²) >= 11 is 0. The summed E-state index contributed by atoms with van der Waals surface area (Å²) in [6.45, 7) is 8.56. The molecule has 15 heavy (non-hydrogen) atoms. The van der Waals surface area contributed by atoms with Gasteiger partial charge in [-0.1, -0.05) is 0 Å². The summed E-state index contributed by atoms with van der Waals surface area (Å²) < 4.78 is 22.2. The minimum atomic E-state index is -0.136. The molecule has 0 N–H and O–H groups in total. The Labute approximate surface area is 91.8 Å². The van der Waals surface area contributed by atoms with E-state index < -0.39 is 0 Å². The molecule has 0 amide bonds. The van der Waals surface area contributed by atoms with Crippen molar-refractivity contribution in [1.29, 1.82) is 0 Å². The highest BCUT2D eigenvalue weighted by molar-refractivity contribution is 4.77. The van der Waals surface area contributed by atoms with Crippen LogP contribution in [0.3, 0.4) is 0 Å². The third-order valence-corrected chi connectivity index (χ3v) is 2.40. The first kappa shape index (κ1) is 12.9. The fourth-order valence-corrected chi connectivity index (χ4v) is 1.78. The van der Waals surface area contributed by atoms with E-state index in [1.165, 1.54) is 0 Å². The molecule has 0 spiro atoms. The predicted molar refractivity (Wildman–Crippen MR) is 56.8 cm³/mol. The maximum Gasteiger partial charge on any atom is 0.160 e. The quantitative estimate of drug-likeness (QED) is 0.678. The normalized spacial score (nSPS) is 31.8. The fourth-order valence-electron chi connectivity index (χ4n) is 1.78. The minimum absolute atomic E-state index is 0.0478. The summed E-state index contributed by atoms with van der Waals surface area (Å²) in [5.74, 6) is 0. The Morgan fingerprint density at radius 3 is 2.13 bits per heavy atom. The van der Waals surface area contributed by atoms with Gasteiger partial charge in [-0.05, 0) is 20.8 Å². The lowest BCUT2D eigenvalue weighted by Gasteiger charge is -2.35. The largest absolute Gasteiger partial charge is 0.376 e. The van der Waals surface area contributed by atoms with E-state index in [-0.39, 0.29) is 18.5 Å². The molecule has 0 aromatic heterocycles. The zero-order chi connectivity index (χ0) is 11.1. The first-order valence-electron chi connectivity index (χ1n) is 5.78. The second kappa shape index (κ2) is 7.17. The van der Waals surface area contributed by atoms with E-state index in [9.17, 15) is 0 Å². The lowest BCUT2D eigenvalue weighted by molar-refractivity contribution is -0.231. The molecule has 4 nitrogen and oxygen atoms in total. The molecule has 1 aliphatic rings. The molecule has 1 aliphatic heterocycles. The van der Waals surface area contributed by atoms with Gasteiger partial charge in [-0.3, -0.25) is 0 Å². The highest BCUT2D eigenvalue weighted by atomic mass is 16.7. The van der Waals surface area contributed by atoms with Crippen molar-refractivity contribution < 1.29 is 18.9 Å². The molecule has 1 saturated heterocycles. The van der Waals surface area contributed by atoms with Crippen LogP contribution in [0.1, 0.15) is 27.2 Å². The Bertz CT molecular complexity index is 163. The maximum absolute atomic E-state index is 5.64. The van der Waals surface area contributed by atoms with Gasteiger partial charge in [-0.25, -0.2) is 0 Å². The molecule has 3 atom stereocenters. The third-order valence-electron chi connectivity index (χ3n) is 2.40. The Balaban J connectivity index is 2.41. The van der Waals surface area contributed by atoms with Crippen LogP contribution in [-0.4, -0.2) is 44.9 Å². The summed E-state index contributed by atoms with van der Waals surface area (Å²) in [7, 11) is 0. The van der Waals surface area contributed by atoms with Gasteiger partial charge in [0.25, 0.3) is 0 Å². The van der Waals surface area contributed by atoms with Gasteiger partial charge in [-0.15, -0.1) is 0 Å². The van der Waals surface area contributed by atoms with Gasteiger partial charge in [0.1, 0.15) is 6.10 Å². The topological polar surface area (TPSA) is 36.9 Å². The van der Waals surface area contributed by atoms with Crippen molar-refractivity contribution in [2.24, 2.45) is 0 Å². The summed E-state index contributed by atoms with van der Waals surface area (Å²) in [5.41, 5.74) is 0. The van der Waals surface area contributed by atoms with Crippen molar-refractivity contribution in [3.63, 3.8) is 0 Å². The van der Waals surface area contributed by atoms with Crippen molar-refractivity contribution in [1.82, 2.24) is 0 Å². The Hall–Kier alpha value is -0.160. The van der Waals surface area contributed by atoms with Crippen molar-refractivity contribution in [2.75, 3.05) is 26.4 Å². The first-order chi connectivity index (χ1) is 7.31. The second-order valence-electron chi connectivity index (χ2n) is 3.44. The van der Waals surface area contributed by atoms with Crippen molar-refractivity contribution in [3.05, 3.63) is 0 Å². The van der Waals surface area contributed by atoms with Gasteiger partial charge >= 0.3 is 0 Å². The molecule has 1 unspecified atom stereocenters.